The van der Waals surface area contributed by atoms with Crippen LogP contribution in [-0.4, -0.2) is 62.5 Å². The standard InChI is InChI=1S/C35H39N3O5S/c1-3-43-27-16-14-25(15-17-27)37-31(40)28-29-33(42)38(26(22-39)20-23-10-6-4-7-11-23)30(35(29)19-18-34(28,2)44-35)32(41)36-21-24-12-8-5-9-13-24/h4-17,26,28-30,39H,3,18-22H2,1-2H3,(H,36,41)(H,37,40)/t26-,28+,29+,30?,34-,35?/m1/s1. The third kappa shape index (κ3) is 5.37. The summed E-state index contributed by atoms with van der Waals surface area (Å²) in [5.41, 5.74) is 2.54. The third-order valence-corrected chi connectivity index (χ3v) is 11.4. The van der Waals surface area contributed by atoms with Gasteiger partial charge in [-0.25, -0.2) is 0 Å². The number of anilines is 1. The lowest BCUT2D eigenvalue weighted by Crippen LogP contribution is -2.56. The van der Waals surface area contributed by atoms with E-state index in [0.29, 0.717) is 43.9 Å². The molecular weight excluding hydrogens is 574 g/mol. The molecule has 0 aromatic heterocycles. The monoisotopic (exact) mass is 613 g/mol. The minimum Gasteiger partial charge on any atom is -0.494 e. The van der Waals surface area contributed by atoms with Gasteiger partial charge < -0.3 is 25.4 Å². The van der Waals surface area contributed by atoms with Crippen LogP contribution in [-0.2, 0) is 27.3 Å². The van der Waals surface area contributed by atoms with E-state index >= 15 is 0 Å². The van der Waals surface area contributed by atoms with Crippen molar-refractivity contribution in [2.75, 3.05) is 18.5 Å². The Morgan fingerprint density at radius 2 is 1.64 bits per heavy atom. The Morgan fingerprint density at radius 3 is 2.27 bits per heavy atom. The van der Waals surface area contributed by atoms with Crippen molar-refractivity contribution in [1.29, 1.82) is 0 Å². The molecule has 230 valence electrons. The number of benzene rings is 3. The summed E-state index contributed by atoms with van der Waals surface area (Å²) in [5, 5.41) is 16.8. The highest BCUT2D eigenvalue weighted by Crippen LogP contribution is 2.71. The second kappa shape index (κ2) is 12.3. The predicted molar refractivity (Wildman–Crippen MR) is 171 cm³/mol. The van der Waals surface area contributed by atoms with Crippen molar-refractivity contribution in [3.63, 3.8) is 0 Å². The quantitative estimate of drug-likeness (QED) is 0.296. The number of thioether (sulfide) groups is 1. The SMILES string of the molecule is CCOc1ccc(NC(=O)[C@@H]2[C@H]3C(=O)N([C@@H](CO)Cc4ccccc4)C(C(=O)NCc4ccccc4)C34CC[C@@]2(C)S4)cc1. The molecule has 8 nitrogen and oxygen atoms in total. The number of likely N-dealkylation sites (tertiary alicyclic amines) is 1. The molecule has 0 aliphatic carbocycles. The molecule has 2 unspecified atom stereocenters. The van der Waals surface area contributed by atoms with E-state index in [1.165, 1.54) is 0 Å². The van der Waals surface area contributed by atoms with Crippen LogP contribution in [0.4, 0.5) is 5.69 Å². The first-order valence-corrected chi connectivity index (χ1v) is 16.1. The molecule has 3 heterocycles. The second-order valence-corrected chi connectivity index (χ2v) is 14.0. The summed E-state index contributed by atoms with van der Waals surface area (Å²) in [7, 11) is 0. The van der Waals surface area contributed by atoms with Crippen molar-refractivity contribution >= 4 is 35.2 Å². The number of fused-ring (bicyclic) bond motifs is 1. The number of aliphatic hydroxyl groups excluding tert-OH is 1. The van der Waals surface area contributed by atoms with Gasteiger partial charge in [-0.3, -0.25) is 14.4 Å². The minimum atomic E-state index is -0.820. The smallest absolute Gasteiger partial charge is 0.244 e. The third-order valence-electron chi connectivity index (χ3n) is 9.41. The first kappa shape index (κ1) is 30.2. The van der Waals surface area contributed by atoms with Crippen molar-refractivity contribution < 1.29 is 24.2 Å². The second-order valence-electron chi connectivity index (χ2n) is 12.1. The number of amides is 3. The lowest BCUT2D eigenvalue weighted by molar-refractivity contribution is -0.142. The first-order valence-electron chi connectivity index (χ1n) is 15.3. The van der Waals surface area contributed by atoms with Crippen LogP contribution >= 0.6 is 11.8 Å². The molecule has 3 amide bonds. The molecule has 9 heteroatoms. The Kier molecular flexibility index (Phi) is 8.44. The number of carbonyl (C=O) groups is 3. The fourth-order valence-corrected chi connectivity index (χ4v) is 9.84. The molecule has 44 heavy (non-hydrogen) atoms. The molecule has 2 bridgehead atoms. The lowest BCUT2D eigenvalue weighted by Gasteiger charge is -2.37. The van der Waals surface area contributed by atoms with Gasteiger partial charge in [0, 0.05) is 17.0 Å². The van der Waals surface area contributed by atoms with Gasteiger partial charge in [-0.05, 0) is 68.5 Å². The summed E-state index contributed by atoms with van der Waals surface area (Å²) in [6, 6.07) is 25.1. The maximum Gasteiger partial charge on any atom is 0.244 e. The van der Waals surface area contributed by atoms with E-state index in [1.54, 1.807) is 28.8 Å². The van der Waals surface area contributed by atoms with Crippen molar-refractivity contribution in [3.05, 3.63) is 96.1 Å². The number of nitrogens with zero attached hydrogens (tertiary/aromatic N) is 1. The highest BCUT2D eigenvalue weighted by atomic mass is 32.2. The zero-order valence-corrected chi connectivity index (χ0v) is 25.9. The fraction of sp³-hybridized carbons (Fsp3) is 0.400. The zero-order chi connectivity index (χ0) is 30.9. The summed E-state index contributed by atoms with van der Waals surface area (Å²) in [5.74, 6) is -1.32. The molecule has 3 saturated heterocycles. The van der Waals surface area contributed by atoms with Gasteiger partial charge >= 0.3 is 0 Å². The molecule has 3 fully saturated rings. The van der Waals surface area contributed by atoms with Crippen LogP contribution in [0.3, 0.4) is 0 Å². The van der Waals surface area contributed by atoms with Crippen LogP contribution in [0.5, 0.6) is 5.75 Å². The van der Waals surface area contributed by atoms with Crippen LogP contribution in [0.1, 0.15) is 37.8 Å². The van der Waals surface area contributed by atoms with Crippen molar-refractivity contribution in [2.24, 2.45) is 11.8 Å². The summed E-state index contributed by atoms with van der Waals surface area (Å²) in [6.45, 7) is 4.54. The summed E-state index contributed by atoms with van der Waals surface area (Å²) >= 11 is 1.62. The number of hydrogen-bond donors (Lipinski definition) is 3. The van der Waals surface area contributed by atoms with Gasteiger partial charge in [0.2, 0.25) is 17.7 Å². The molecule has 0 saturated carbocycles. The van der Waals surface area contributed by atoms with Crippen molar-refractivity contribution in [2.45, 2.75) is 61.2 Å². The van der Waals surface area contributed by atoms with E-state index in [9.17, 15) is 19.5 Å². The molecule has 3 aromatic rings. The lowest BCUT2D eigenvalue weighted by atomic mass is 9.66. The maximum absolute atomic E-state index is 14.6. The topological polar surface area (TPSA) is 108 Å². The molecule has 6 rings (SSSR count). The van der Waals surface area contributed by atoms with Crippen LogP contribution in [0.15, 0.2) is 84.9 Å². The van der Waals surface area contributed by atoms with Gasteiger partial charge in [0.25, 0.3) is 0 Å². The van der Waals surface area contributed by atoms with Crippen LogP contribution in [0, 0.1) is 11.8 Å². The van der Waals surface area contributed by atoms with E-state index < -0.39 is 33.4 Å². The molecule has 0 radical (unpaired) electrons. The molecule has 3 aliphatic rings. The van der Waals surface area contributed by atoms with E-state index in [4.69, 9.17) is 4.74 Å². The zero-order valence-electron chi connectivity index (χ0n) is 25.1. The number of ether oxygens (including phenoxy) is 1. The van der Waals surface area contributed by atoms with E-state index in [2.05, 4.69) is 17.6 Å². The summed E-state index contributed by atoms with van der Waals surface area (Å²) in [4.78, 5) is 44.5. The Bertz CT molecular complexity index is 1500. The van der Waals surface area contributed by atoms with Gasteiger partial charge in [0.05, 0.1) is 35.8 Å². The minimum absolute atomic E-state index is 0.224. The highest BCUT2D eigenvalue weighted by Gasteiger charge is 2.77. The van der Waals surface area contributed by atoms with Gasteiger partial charge in [-0.15, -0.1) is 11.8 Å². The van der Waals surface area contributed by atoms with Crippen LogP contribution < -0.4 is 15.4 Å². The normalized spacial score (nSPS) is 27.6. The van der Waals surface area contributed by atoms with Gasteiger partial charge in [-0.1, -0.05) is 60.7 Å². The van der Waals surface area contributed by atoms with Crippen molar-refractivity contribution in [3.8, 4) is 5.75 Å². The van der Waals surface area contributed by atoms with Gasteiger partial charge in [0.15, 0.2) is 0 Å². The average molecular weight is 614 g/mol. The molecule has 6 atom stereocenters. The largest absolute Gasteiger partial charge is 0.494 e. The highest BCUT2D eigenvalue weighted by molar-refractivity contribution is 8.02. The predicted octanol–water partition coefficient (Wildman–Crippen LogP) is 4.43. The van der Waals surface area contributed by atoms with Gasteiger partial charge in [-0.2, -0.15) is 0 Å². The number of aliphatic hydroxyl groups is 1. The Balaban J connectivity index is 1.33. The van der Waals surface area contributed by atoms with E-state index in [1.807, 2.05) is 79.7 Å². The first-order chi connectivity index (χ1) is 21.3. The van der Waals surface area contributed by atoms with Gasteiger partial charge in [0.1, 0.15) is 11.8 Å². The van der Waals surface area contributed by atoms with Crippen LogP contribution in [0.25, 0.3) is 0 Å². The number of rotatable bonds is 11. The Morgan fingerprint density at radius 1 is 0.977 bits per heavy atom. The Labute approximate surface area is 262 Å². The Hall–Kier alpha value is -3.82. The molecule has 3 aromatic carbocycles. The molecule has 1 spiro atoms. The average Bonchev–Trinajstić information content (AvgIpc) is 3.61. The van der Waals surface area contributed by atoms with Crippen molar-refractivity contribution in [1.82, 2.24) is 10.2 Å². The number of hydrogen-bond acceptors (Lipinski definition) is 6. The summed E-state index contributed by atoms with van der Waals surface area (Å²) in [6.07, 6.45) is 1.75. The molecule has 3 N–H and O–H groups in total. The summed E-state index contributed by atoms with van der Waals surface area (Å²) < 4.78 is 4.25. The maximum atomic E-state index is 14.6. The number of carbonyl (C=O) groups excluding carboxylic acids is 3. The van der Waals surface area contributed by atoms with Crippen LogP contribution in [0.2, 0.25) is 0 Å². The molecule has 3 aliphatic heterocycles. The fourth-order valence-electron chi connectivity index (χ4n) is 7.50. The van der Waals surface area contributed by atoms with E-state index in [0.717, 1.165) is 11.1 Å². The van der Waals surface area contributed by atoms with E-state index in [-0.39, 0.29) is 24.3 Å². The number of nitrogens with one attached hydrogen (secondary N) is 2. The molecular formula is C35H39N3O5S.